The highest BCUT2D eigenvalue weighted by molar-refractivity contribution is 5.73. The summed E-state index contributed by atoms with van der Waals surface area (Å²) in [5.74, 6) is 1.50. The molecule has 4 rings (SSSR count). The summed E-state index contributed by atoms with van der Waals surface area (Å²) in [5, 5.41) is 13.5. The number of hydrogen-bond donors (Lipinski definition) is 2. The third kappa shape index (κ3) is 2.34. The van der Waals surface area contributed by atoms with E-state index in [4.69, 9.17) is 4.74 Å². The van der Waals surface area contributed by atoms with Gasteiger partial charge in [0.05, 0.1) is 6.10 Å². The van der Waals surface area contributed by atoms with Gasteiger partial charge in [-0.05, 0) is 84.6 Å². The van der Waals surface area contributed by atoms with Crippen LogP contribution in [0.15, 0.2) is 12.1 Å². The number of carbonyl (C=O) groups is 1. The number of ether oxygens (including phenoxy) is 1. The number of aryl methyl sites for hydroxylation is 2. The Kier molecular flexibility index (Phi) is 3.93. The molecule has 3 aliphatic rings. The zero-order valence-corrected chi connectivity index (χ0v) is 16.6. The van der Waals surface area contributed by atoms with E-state index in [0.717, 1.165) is 30.6 Å². The molecule has 142 valence electrons. The molecule has 1 aromatic carbocycles. The summed E-state index contributed by atoms with van der Waals surface area (Å²) in [5.41, 5.74) is 3.25. The van der Waals surface area contributed by atoms with Crippen molar-refractivity contribution < 1.29 is 14.6 Å². The van der Waals surface area contributed by atoms with Crippen molar-refractivity contribution in [3.63, 3.8) is 0 Å². The Balaban J connectivity index is 1.74. The lowest BCUT2D eigenvalue weighted by atomic mass is 9.58. The van der Waals surface area contributed by atoms with Crippen molar-refractivity contribution in [2.75, 3.05) is 6.61 Å². The molecule has 1 aromatic rings. The maximum Gasteiger partial charge on any atom is 0.217 e. The molecule has 1 unspecified atom stereocenters. The minimum absolute atomic E-state index is 0.0547. The zero-order valence-electron chi connectivity index (χ0n) is 16.6. The average molecular weight is 357 g/mol. The highest BCUT2D eigenvalue weighted by Crippen LogP contribution is 2.70. The first-order valence-corrected chi connectivity index (χ1v) is 9.85. The topological polar surface area (TPSA) is 58.6 Å². The van der Waals surface area contributed by atoms with Crippen LogP contribution in [0.3, 0.4) is 0 Å². The number of aromatic hydroxyl groups is 1. The Hall–Kier alpha value is -1.55. The standard InChI is InChI=1S/C22H31NO3/c1-12-8-15(9-13(2)18(12)25)19-17-10-16-11-22(17,6-7-26-19)20(21(16,4)5)23-14(3)24/h8-9,16-17,19-20,25H,6-7,10-11H2,1-5H3,(H,23,24)/t16-,17-,19-,20-,22?/m1/s1. The van der Waals surface area contributed by atoms with Crippen molar-refractivity contribution in [1.29, 1.82) is 0 Å². The molecule has 1 saturated heterocycles. The molecule has 1 spiro atoms. The van der Waals surface area contributed by atoms with Gasteiger partial charge in [0, 0.05) is 19.6 Å². The Morgan fingerprint density at radius 1 is 1.27 bits per heavy atom. The van der Waals surface area contributed by atoms with Gasteiger partial charge >= 0.3 is 0 Å². The number of rotatable bonds is 2. The van der Waals surface area contributed by atoms with Gasteiger partial charge in [0.2, 0.25) is 5.91 Å². The summed E-state index contributed by atoms with van der Waals surface area (Å²) in [6.45, 7) is 10.9. The number of hydrogen-bond acceptors (Lipinski definition) is 3. The van der Waals surface area contributed by atoms with E-state index in [9.17, 15) is 9.90 Å². The van der Waals surface area contributed by atoms with E-state index < -0.39 is 0 Å². The molecule has 2 bridgehead atoms. The van der Waals surface area contributed by atoms with Gasteiger partial charge in [-0.25, -0.2) is 0 Å². The summed E-state index contributed by atoms with van der Waals surface area (Å²) in [4.78, 5) is 11.9. The largest absolute Gasteiger partial charge is 0.507 e. The maximum absolute atomic E-state index is 11.9. The minimum Gasteiger partial charge on any atom is -0.507 e. The average Bonchev–Trinajstić information content (AvgIpc) is 3.05. The van der Waals surface area contributed by atoms with Crippen LogP contribution < -0.4 is 5.32 Å². The Bertz CT molecular complexity index is 733. The number of benzene rings is 1. The highest BCUT2D eigenvalue weighted by Gasteiger charge is 2.68. The van der Waals surface area contributed by atoms with Crippen LogP contribution in [0, 0.1) is 36.5 Å². The predicted molar refractivity (Wildman–Crippen MR) is 101 cm³/mol. The van der Waals surface area contributed by atoms with Crippen molar-refractivity contribution in [3.8, 4) is 5.75 Å². The number of phenolic OH excluding ortho intramolecular Hbond substituents is 1. The fourth-order valence-electron chi connectivity index (χ4n) is 6.47. The summed E-state index contributed by atoms with van der Waals surface area (Å²) in [6.07, 6.45) is 3.42. The van der Waals surface area contributed by atoms with E-state index in [1.807, 2.05) is 13.8 Å². The van der Waals surface area contributed by atoms with Crippen molar-refractivity contribution >= 4 is 5.91 Å². The van der Waals surface area contributed by atoms with Gasteiger partial charge in [-0.1, -0.05) is 13.8 Å². The maximum atomic E-state index is 11.9. The molecule has 2 aliphatic carbocycles. The molecule has 26 heavy (non-hydrogen) atoms. The second-order valence-electron chi connectivity index (χ2n) is 9.48. The molecule has 1 amide bonds. The molecule has 1 aliphatic heterocycles. The Labute approximate surface area is 156 Å². The first-order valence-electron chi connectivity index (χ1n) is 9.85. The minimum atomic E-state index is 0.0547. The highest BCUT2D eigenvalue weighted by atomic mass is 16.5. The summed E-state index contributed by atoms with van der Waals surface area (Å²) < 4.78 is 6.30. The molecular weight excluding hydrogens is 326 g/mol. The lowest BCUT2D eigenvalue weighted by molar-refractivity contribution is -0.136. The van der Waals surface area contributed by atoms with Crippen LogP contribution in [0.5, 0.6) is 5.75 Å². The van der Waals surface area contributed by atoms with Gasteiger partial charge in [-0.15, -0.1) is 0 Å². The summed E-state index contributed by atoms with van der Waals surface area (Å²) >= 11 is 0. The van der Waals surface area contributed by atoms with Crippen LogP contribution in [0.25, 0.3) is 0 Å². The molecule has 1 heterocycles. The molecule has 2 N–H and O–H groups in total. The Morgan fingerprint density at radius 2 is 1.92 bits per heavy atom. The second-order valence-corrected chi connectivity index (χ2v) is 9.48. The number of nitrogens with one attached hydrogen (secondary N) is 1. The van der Waals surface area contributed by atoms with Gasteiger partial charge in [0.25, 0.3) is 0 Å². The van der Waals surface area contributed by atoms with Gasteiger partial charge in [-0.3, -0.25) is 4.79 Å². The second kappa shape index (κ2) is 5.72. The number of carbonyl (C=O) groups excluding carboxylic acids is 1. The molecule has 3 fully saturated rings. The first-order chi connectivity index (χ1) is 12.2. The van der Waals surface area contributed by atoms with E-state index in [1.54, 1.807) is 6.92 Å². The third-order valence-electron chi connectivity index (χ3n) is 7.69. The SMILES string of the molecule is CC(=O)N[C@@H]1C(C)(C)[C@@H]2C[C@@H]3[C@@H](c4cc(C)c(O)c(C)c4)OCCC31C2. The number of amides is 1. The quantitative estimate of drug-likeness (QED) is 0.840. The molecular formula is C22H31NO3. The predicted octanol–water partition coefficient (Wildman–Crippen LogP) is 4.03. The smallest absolute Gasteiger partial charge is 0.217 e. The fraction of sp³-hybridized carbons (Fsp3) is 0.682. The van der Waals surface area contributed by atoms with E-state index in [0.29, 0.717) is 17.6 Å². The summed E-state index contributed by atoms with van der Waals surface area (Å²) in [6, 6.07) is 4.37. The van der Waals surface area contributed by atoms with Crippen molar-refractivity contribution in [2.24, 2.45) is 22.7 Å². The fourth-order valence-corrected chi connectivity index (χ4v) is 6.47. The normalized spacial score (nSPS) is 37.4. The molecule has 0 aromatic heterocycles. The molecule has 4 nitrogen and oxygen atoms in total. The Morgan fingerprint density at radius 3 is 2.54 bits per heavy atom. The van der Waals surface area contributed by atoms with Gasteiger partial charge in [0.15, 0.2) is 0 Å². The molecule has 2 saturated carbocycles. The van der Waals surface area contributed by atoms with Crippen LogP contribution in [0.4, 0.5) is 0 Å². The monoisotopic (exact) mass is 357 g/mol. The van der Waals surface area contributed by atoms with Crippen LogP contribution >= 0.6 is 0 Å². The van der Waals surface area contributed by atoms with Crippen molar-refractivity contribution in [3.05, 3.63) is 28.8 Å². The van der Waals surface area contributed by atoms with Gasteiger partial charge in [0.1, 0.15) is 5.75 Å². The van der Waals surface area contributed by atoms with Crippen LogP contribution in [0.2, 0.25) is 0 Å². The van der Waals surface area contributed by atoms with Crippen molar-refractivity contribution in [2.45, 2.75) is 66.0 Å². The summed E-state index contributed by atoms with van der Waals surface area (Å²) in [7, 11) is 0. The number of phenols is 1. The third-order valence-corrected chi connectivity index (χ3v) is 7.69. The molecule has 5 atom stereocenters. The van der Waals surface area contributed by atoms with Crippen LogP contribution in [0.1, 0.15) is 62.8 Å². The van der Waals surface area contributed by atoms with Crippen molar-refractivity contribution in [1.82, 2.24) is 5.32 Å². The number of fused-ring (bicyclic) bond motifs is 1. The lowest BCUT2D eigenvalue weighted by Gasteiger charge is -2.53. The van der Waals surface area contributed by atoms with Gasteiger partial charge < -0.3 is 15.2 Å². The molecule has 0 radical (unpaired) electrons. The van der Waals surface area contributed by atoms with Gasteiger partial charge in [-0.2, -0.15) is 0 Å². The van der Waals surface area contributed by atoms with E-state index in [2.05, 4.69) is 31.3 Å². The zero-order chi connectivity index (χ0) is 18.9. The lowest BCUT2D eigenvalue weighted by Crippen LogP contribution is -2.58. The van der Waals surface area contributed by atoms with Crippen LogP contribution in [-0.2, 0) is 9.53 Å². The first kappa shape index (κ1) is 17.8. The van der Waals surface area contributed by atoms with E-state index >= 15 is 0 Å². The van der Waals surface area contributed by atoms with E-state index in [-0.39, 0.29) is 28.9 Å². The van der Waals surface area contributed by atoms with Crippen LogP contribution in [-0.4, -0.2) is 23.7 Å². The molecule has 4 heteroatoms. The van der Waals surface area contributed by atoms with E-state index in [1.165, 1.54) is 12.0 Å².